The Morgan fingerprint density at radius 1 is 0.562 bits per heavy atom. The third-order valence-corrected chi connectivity index (χ3v) is 9.43. The highest BCUT2D eigenvalue weighted by atomic mass is 16.4. The van der Waals surface area contributed by atoms with Crippen molar-refractivity contribution < 1.29 is 67.4 Å². The molecule has 0 bridgehead atoms. The highest BCUT2D eigenvalue weighted by Gasteiger charge is 2.38. The Labute approximate surface area is 367 Å². The minimum absolute atomic E-state index is 0.0629. The van der Waals surface area contributed by atoms with Crippen molar-refractivity contribution in [3.05, 3.63) is 0 Å². The number of carbonyl (C=O) groups is 13. The van der Waals surface area contributed by atoms with Crippen molar-refractivity contribution >= 4 is 76.9 Å². The first-order valence-corrected chi connectivity index (χ1v) is 20.3. The van der Waals surface area contributed by atoms with Crippen LogP contribution in [0.15, 0.2) is 0 Å². The zero-order valence-corrected chi connectivity index (χ0v) is 35.7. The zero-order valence-electron chi connectivity index (χ0n) is 35.7. The van der Waals surface area contributed by atoms with Crippen LogP contribution in [0, 0.1) is 5.92 Å². The zero-order chi connectivity index (χ0) is 48.7. The van der Waals surface area contributed by atoms with Gasteiger partial charge < -0.3 is 75.9 Å². The van der Waals surface area contributed by atoms with E-state index < -0.39 is 158 Å². The minimum atomic E-state index is -1.56. The number of likely N-dealkylation sites (tertiary alicyclic amines) is 1. The molecule has 358 valence electrons. The van der Waals surface area contributed by atoms with Gasteiger partial charge in [-0.05, 0) is 50.9 Å². The molecule has 1 rings (SSSR count). The maximum absolute atomic E-state index is 13.6. The van der Waals surface area contributed by atoms with Crippen LogP contribution < -0.4 is 65.9 Å². The van der Waals surface area contributed by atoms with Crippen LogP contribution in [0.5, 0.6) is 0 Å². The number of hydrogen-bond acceptors (Lipinski definition) is 14. The lowest BCUT2D eigenvalue weighted by Crippen LogP contribution is -2.57. The van der Waals surface area contributed by atoms with E-state index in [2.05, 4.69) is 31.9 Å². The molecule has 1 saturated heterocycles. The van der Waals surface area contributed by atoms with Gasteiger partial charge in [0.1, 0.15) is 36.8 Å². The summed E-state index contributed by atoms with van der Waals surface area (Å²) >= 11 is 0. The Hall–Kier alpha value is -6.93. The van der Waals surface area contributed by atoms with Crippen molar-refractivity contribution in [1.82, 2.24) is 42.1 Å². The average Bonchev–Trinajstić information content (AvgIpc) is 3.70. The first-order valence-electron chi connectivity index (χ1n) is 20.3. The van der Waals surface area contributed by atoms with Crippen LogP contribution >= 0.6 is 0 Å². The van der Waals surface area contributed by atoms with E-state index in [1.165, 1.54) is 4.90 Å². The van der Waals surface area contributed by atoms with Crippen LogP contribution in [0.2, 0.25) is 0 Å². The molecule has 1 aliphatic heterocycles. The summed E-state index contributed by atoms with van der Waals surface area (Å²) in [5.41, 5.74) is 26.8. The molecule has 0 saturated carbocycles. The van der Waals surface area contributed by atoms with Gasteiger partial charge in [-0.1, -0.05) is 13.8 Å². The molecule has 64 heavy (non-hydrogen) atoms. The fourth-order valence-electron chi connectivity index (χ4n) is 6.23. The van der Waals surface area contributed by atoms with Crippen LogP contribution in [0.1, 0.15) is 84.5 Å². The van der Waals surface area contributed by atoms with Crippen LogP contribution in [-0.4, -0.2) is 149 Å². The molecule has 6 atom stereocenters. The molecule has 1 fully saturated rings. The molecule has 0 aromatic carbocycles. The Kier molecular flexibility index (Phi) is 24.0. The van der Waals surface area contributed by atoms with E-state index in [9.17, 15) is 62.3 Å². The van der Waals surface area contributed by atoms with Gasteiger partial charge in [-0.25, -0.2) is 0 Å². The molecule has 1 aliphatic rings. The normalized spacial score (nSPS) is 15.5. The summed E-state index contributed by atoms with van der Waals surface area (Å²) < 4.78 is 0. The Morgan fingerprint density at radius 2 is 0.969 bits per heavy atom. The third kappa shape index (κ3) is 21.7. The van der Waals surface area contributed by atoms with Gasteiger partial charge in [0.2, 0.25) is 70.9 Å². The topological polar surface area (TPSA) is 460 Å². The number of amides is 12. The van der Waals surface area contributed by atoms with E-state index in [0.717, 1.165) is 0 Å². The second-order valence-electron chi connectivity index (χ2n) is 15.4. The summed E-state index contributed by atoms with van der Waals surface area (Å²) in [6.07, 6.45) is -1.97. The second kappa shape index (κ2) is 27.9. The number of aliphatic carboxylic acids is 1. The van der Waals surface area contributed by atoms with Crippen molar-refractivity contribution in [1.29, 1.82) is 0 Å². The summed E-state index contributed by atoms with van der Waals surface area (Å²) in [7, 11) is 0. The SMILES string of the molecule is CC(C)C[C@H](N)C(=O)N[C@@H](CCC(N)=O)C(=O)N1CCC[C@H]1C(=O)NCC(=O)N[C@@H](CCC(N)=O)C(=O)NCC(=O)N[C@@H](CCC(N)=O)C(=O)N[C@@H](CCC(N)=O)C(=O)NCC(=O)O. The molecule has 27 nitrogen and oxygen atoms in total. The van der Waals surface area contributed by atoms with Gasteiger partial charge in [-0.2, -0.15) is 0 Å². The predicted octanol–water partition coefficient (Wildman–Crippen LogP) is -7.21. The number of carbonyl (C=O) groups excluding carboxylic acids is 12. The Balaban J connectivity index is 3.01. The number of nitrogens with zero attached hydrogens (tertiary/aromatic N) is 1. The summed E-state index contributed by atoms with van der Waals surface area (Å²) in [6.45, 7) is 1.40. The molecular weight excluding hydrogens is 850 g/mol. The van der Waals surface area contributed by atoms with Gasteiger partial charge in [0, 0.05) is 32.2 Å². The van der Waals surface area contributed by atoms with Gasteiger partial charge in [-0.3, -0.25) is 62.3 Å². The fraction of sp³-hybridized carbons (Fsp3) is 0.649. The molecule has 0 radical (unpaired) electrons. The van der Waals surface area contributed by atoms with Crippen LogP contribution in [0.4, 0.5) is 0 Å². The van der Waals surface area contributed by atoms with E-state index >= 15 is 0 Å². The number of nitrogens with one attached hydrogen (secondary N) is 7. The fourth-order valence-corrected chi connectivity index (χ4v) is 6.23. The van der Waals surface area contributed by atoms with Crippen LogP contribution in [-0.2, 0) is 62.3 Å². The van der Waals surface area contributed by atoms with Crippen LogP contribution in [0.3, 0.4) is 0 Å². The minimum Gasteiger partial charge on any atom is -0.480 e. The van der Waals surface area contributed by atoms with Crippen molar-refractivity contribution in [2.75, 3.05) is 26.2 Å². The Morgan fingerprint density at radius 3 is 1.42 bits per heavy atom. The average molecular weight is 912 g/mol. The first-order chi connectivity index (χ1) is 29.9. The number of hydrogen-bond donors (Lipinski definition) is 13. The van der Waals surface area contributed by atoms with E-state index in [0.29, 0.717) is 12.8 Å². The highest BCUT2D eigenvalue weighted by molar-refractivity contribution is 5.97. The number of carboxylic acids is 1. The predicted molar refractivity (Wildman–Crippen MR) is 220 cm³/mol. The summed E-state index contributed by atoms with van der Waals surface area (Å²) in [5.74, 6) is -11.8. The summed E-state index contributed by atoms with van der Waals surface area (Å²) in [6, 6.07) is -7.85. The standard InChI is InChI=1S/C37H61N13O14/c1-18(2)14-19(38)32(59)49-23(8-12-28(42)54)37(64)50-13-3-4-24(50)36(63)44-16-30(56)46-20(5-9-25(39)51)33(60)43-15-29(55)47-22(7-11-27(41)53)35(62)48-21(6-10-26(40)52)34(61)45-17-31(57)58/h18-24H,3-17,38H2,1-2H3,(H2,39,51)(H2,40,52)(H2,41,53)(H2,42,54)(H,43,60)(H,44,63)(H,45,61)(H,46,56)(H,47,55)(H,48,62)(H,49,59)(H,57,58)/t19-,20-,21-,22-,23-,24-/m0/s1. The van der Waals surface area contributed by atoms with Gasteiger partial charge in [0.15, 0.2) is 0 Å². The lowest BCUT2D eigenvalue weighted by Gasteiger charge is -2.29. The van der Waals surface area contributed by atoms with Gasteiger partial charge in [-0.15, -0.1) is 0 Å². The van der Waals surface area contributed by atoms with Crippen molar-refractivity contribution in [2.24, 2.45) is 34.6 Å². The molecule has 0 spiro atoms. The van der Waals surface area contributed by atoms with E-state index in [4.69, 9.17) is 33.8 Å². The summed E-state index contributed by atoms with van der Waals surface area (Å²) in [5, 5.41) is 24.9. The highest BCUT2D eigenvalue weighted by Crippen LogP contribution is 2.20. The number of rotatable bonds is 30. The smallest absolute Gasteiger partial charge is 0.322 e. The van der Waals surface area contributed by atoms with Crippen molar-refractivity contribution in [3.63, 3.8) is 0 Å². The quantitative estimate of drug-likeness (QED) is 0.0319. The van der Waals surface area contributed by atoms with Gasteiger partial charge >= 0.3 is 5.97 Å². The molecule has 27 heteroatoms. The lowest BCUT2D eigenvalue weighted by molar-refractivity contribution is -0.142. The molecule has 12 amide bonds. The van der Waals surface area contributed by atoms with Gasteiger partial charge in [0.05, 0.1) is 19.1 Å². The molecule has 1 heterocycles. The van der Waals surface area contributed by atoms with E-state index in [1.54, 1.807) is 0 Å². The van der Waals surface area contributed by atoms with E-state index in [-0.39, 0.29) is 44.6 Å². The summed E-state index contributed by atoms with van der Waals surface area (Å²) in [4.78, 5) is 163. The monoisotopic (exact) mass is 911 g/mol. The lowest BCUT2D eigenvalue weighted by atomic mass is 10.0. The van der Waals surface area contributed by atoms with Crippen molar-refractivity contribution in [3.8, 4) is 0 Å². The molecule has 0 aromatic heterocycles. The molecule has 0 unspecified atom stereocenters. The third-order valence-electron chi connectivity index (χ3n) is 9.43. The largest absolute Gasteiger partial charge is 0.480 e. The number of primary amides is 4. The molecule has 18 N–H and O–H groups in total. The molecule has 0 aliphatic carbocycles. The van der Waals surface area contributed by atoms with Crippen molar-refractivity contribution in [2.45, 2.75) is 121 Å². The van der Waals surface area contributed by atoms with Gasteiger partial charge in [0.25, 0.3) is 0 Å². The molecular formula is C37H61N13O14. The van der Waals surface area contributed by atoms with Crippen LogP contribution in [0.25, 0.3) is 0 Å². The molecule has 0 aromatic rings. The van der Waals surface area contributed by atoms with E-state index in [1.807, 2.05) is 19.2 Å². The maximum Gasteiger partial charge on any atom is 0.322 e. The number of nitrogens with two attached hydrogens (primary N) is 5. The first kappa shape index (κ1) is 55.1. The number of carboxylic acid groups (broad SMARTS) is 1. The second-order valence-corrected chi connectivity index (χ2v) is 15.4. The Bertz CT molecular complexity index is 1760. The maximum atomic E-state index is 13.6.